The second kappa shape index (κ2) is 5.33. The summed E-state index contributed by atoms with van der Waals surface area (Å²) in [6.07, 6.45) is -0.852. The van der Waals surface area contributed by atoms with E-state index < -0.39 is 6.43 Å². The van der Waals surface area contributed by atoms with Crippen molar-refractivity contribution in [1.82, 2.24) is 4.98 Å². The molecule has 0 saturated carbocycles. The van der Waals surface area contributed by atoms with Gasteiger partial charge in [0.15, 0.2) is 11.5 Å². The minimum absolute atomic E-state index is 0.00196. The summed E-state index contributed by atoms with van der Waals surface area (Å²) in [6.45, 7) is 0. The molecule has 1 aliphatic heterocycles. The van der Waals surface area contributed by atoms with Crippen molar-refractivity contribution >= 4 is 17.4 Å². The molecular formula is C15H10ClF2NO2. The normalized spacial score (nSPS) is 14.1. The fourth-order valence-electron chi connectivity index (χ4n) is 2.08. The number of aliphatic hydroxyl groups is 1. The molecule has 1 aliphatic rings. The lowest BCUT2D eigenvalue weighted by Gasteiger charge is -2.20. The number of pyridine rings is 1. The van der Waals surface area contributed by atoms with Crippen LogP contribution in [0.1, 0.15) is 23.2 Å². The van der Waals surface area contributed by atoms with Gasteiger partial charge in [0.1, 0.15) is 5.76 Å². The van der Waals surface area contributed by atoms with Crippen LogP contribution in [-0.4, -0.2) is 10.1 Å². The van der Waals surface area contributed by atoms with Gasteiger partial charge in [-0.25, -0.2) is 8.78 Å². The highest BCUT2D eigenvalue weighted by Gasteiger charge is 2.22. The molecule has 21 heavy (non-hydrogen) atoms. The molecule has 3 nitrogen and oxygen atoms in total. The Kier molecular flexibility index (Phi) is 3.51. The maximum absolute atomic E-state index is 12.5. The van der Waals surface area contributed by atoms with Crippen LogP contribution in [0.4, 0.5) is 8.78 Å². The topological polar surface area (TPSA) is 42.4 Å². The Morgan fingerprint density at radius 3 is 2.62 bits per heavy atom. The SMILES string of the molecule is OC1=C(c2ccc(C(F)F)cc2)Oc2cc(Cl)cnc2C1. The molecule has 0 saturated heterocycles. The first-order valence-electron chi connectivity index (χ1n) is 6.17. The van der Waals surface area contributed by atoms with E-state index in [0.29, 0.717) is 22.0 Å². The molecule has 0 amide bonds. The lowest BCUT2D eigenvalue weighted by Crippen LogP contribution is -2.11. The quantitative estimate of drug-likeness (QED) is 0.886. The Morgan fingerprint density at radius 1 is 1.24 bits per heavy atom. The first-order chi connectivity index (χ1) is 10.0. The van der Waals surface area contributed by atoms with Gasteiger partial charge >= 0.3 is 0 Å². The van der Waals surface area contributed by atoms with Gasteiger partial charge in [-0.3, -0.25) is 4.98 Å². The zero-order valence-corrected chi connectivity index (χ0v) is 11.4. The highest BCUT2D eigenvalue weighted by Crippen LogP contribution is 2.34. The number of aliphatic hydroxyl groups excluding tert-OH is 1. The summed E-state index contributed by atoms with van der Waals surface area (Å²) in [5.41, 5.74) is 1.01. The number of halogens is 3. The second-order valence-corrected chi connectivity index (χ2v) is 5.01. The van der Waals surface area contributed by atoms with Crippen molar-refractivity contribution in [2.24, 2.45) is 0 Å². The Labute approximate surface area is 124 Å². The summed E-state index contributed by atoms with van der Waals surface area (Å²) in [5, 5.41) is 10.5. The lowest BCUT2D eigenvalue weighted by atomic mass is 10.1. The number of allylic oxidation sites excluding steroid dienone is 1. The van der Waals surface area contributed by atoms with Crippen molar-refractivity contribution in [2.45, 2.75) is 12.8 Å². The van der Waals surface area contributed by atoms with E-state index in [1.165, 1.54) is 30.5 Å². The van der Waals surface area contributed by atoms with Crippen LogP contribution in [0.3, 0.4) is 0 Å². The van der Waals surface area contributed by atoms with Crippen molar-refractivity contribution in [3.63, 3.8) is 0 Å². The monoisotopic (exact) mass is 309 g/mol. The van der Waals surface area contributed by atoms with Crippen LogP contribution < -0.4 is 4.74 Å². The molecule has 6 heteroatoms. The smallest absolute Gasteiger partial charge is 0.263 e. The molecule has 2 aromatic rings. The number of fused-ring (bicyclic) bond motifs is 1. The van der Waals surface area contributed by atoms with E-state index in [1.807, 2.05) is 0 Å². The maximum atomic E-state index is 12.5. The van der Waals surface area contributed by atoms with Crippen molar-refractivity contribution in [2.75, 3.05) is 0 Å². The number of hydrogen-bond donors (Lipinski definition) is 1. The van der Waals surface area contributed by atoms with Crippen molar-refractivity contribution < 1.29 is 18.6 Å². The predicted molar refractivity (Wildman–Crippen MR) is 74.5 cm³/mol. The maximum Gasteiger partial charge on any atom is 0.263 e. The summed E-state index contributed by atoms with van der Waals surface area (Å²) in [5.74, 6) is 0.683. The zero-order chi connectivity index (χ0) is 15.0. The summed E-state index contributed by atoms with van der Waals surface area (Å²) in [4.78, 5) is 4.08. The third-order valence-corrected chi connectivity index (χ3v) is 3.34. The molecule has 0 radical (unpaired) electrons. The number of ether oxygens (including phenoxy) is 1. The predicted octanol–water partition coefficient (Wildman–Crippen LogP) is 4.53. The first-order valence-corrected chi connectivity index (χ1v) is 6.55. The van der Waals surface area contributed by atoms with Gasteiger partial charge in [0.25, 0.3) is 6.43 Å². The van der Waals surface area contributed by atoms with Gasteiger partial charge in [-0.15, -0.1) is 0 Å². The largest absolute Gasteiger partial charge is 0.508 e. The van der Waals surface area contributed by atoms with Crippen LogP contribution >= 0.6 is 11.6 Å². The van der Waals surface area contributed by atoms with Gasteiger partial charge in [-0.1, -0.05) is 35.9 Å². The molecule has 1 aromatic carbocycles. The van der Waals surface area contributed by atoms with Gasteiger partial charge < -0.3 is 9.84 Å². The Bertz CT molecular complexity index is 714. The minimum atomic E-state index is -2.53. The van der Waals surface area contributed by atoms with Crippen LogP contribution in [0, 0.1) is 0 Å². The molecular weight excluding hydrogens is 300 g/mol. The molecule has 2 heterocycles. The third kappa shape index (κ3) is 2.69. The van der Waals surface area contributed by atoms with E-state index in [2.05, 4.69) is 4.98 Å². The van der Waals surface area contributed by atoms with Gasteiger partial charge in [0.05, 0.1) is 17.1 Å². The van der Waals surface area contributed by atoms with E-state index >= 15 is 0 Å². The standard InChI is InChI=1S/C15H10ClF2NO2/c16-10-5-13-11(19-7-10)6-12(20)14(21-13)8-1-3-9(4-2-8)15(17)18/h1-5,7,15,20H,6H2. The third-order valence-electron chi connectivity index (χ3n) is 3.13. The molecule has 0 unspecified atom stereocenters. The molecule has 3 rings (SSSR count). The van der Waals surface area contributed by atoms with Crippen molar-refractivity contribution in [3.05, 3.63) is 64.1 Å². The Morgan fingerprint density at radius 2 is 1.95 bits per heavy atom. The summed E-state index contributed by atoms with van der Waals surface area (Å²) in [7, 11) is 0. The first kappa shape index (κ1) is 13.8. The molecule has 0 aliphatic carbocycles. The van der Waals surface area contributed by atoms with E-state index in [9.17, 15) is 13.9 Å². The van der Waals surface area contributed by atoms with E-state index in [4.69, 9.17) is 16.3 Å². The van der Waals surface area contributed by atoms with Crippen molar-refractivity contribution in [3.8, 4) is 5.75 Å². The highest BCUT2D eigenvalue weighted by molar-refractivity contribution is 6.30. The van der Waals surface area contributed by atoms with Gasteiger partial charge in [0, 0.05) is 23.4 Å². The number of alkyl halides is 2. The average molecular weight is 310 g/mol. The molecule has 0 bridgehead atoms. The summed E-state index contributed by atoms with van der Waals surface area (Å²) < 4.78 is 30.7. The Balaban J connectivity index is 1.95. The number of nitrogens with zero attached hydrogens (tertiary/aromatic N) is 1. The number of benzene rings is 1. The highest BCUT2D eigenvalue weighted by atomic mass is 35.5. The van der Waals surface area contributed by atoms with E-state index in [0.717, 1.165) is 0 Å². The van der Waals surface area contributed by atoms with Gasteiger partial charge in [0.2, 0.25) is 0 Å². The van der Waals surface area contributed by atoms with E-state index in [-0.39, 0.29) is 23.5 Å². The summed E-state index contributed by atoms with van der Waals surface area (Å²) >= 11 is 5.86. The molecule has 0 fully saturated rings. The van der Waals surface area contributed by atoms with Crippen LogP contribution in [-0.2, 0) is 6.42 Å². The van der Waals surface area contributed by atoms with Crippen molar-refractivity contribution in [1.29, 1.82) is 0 Å². The lowest BCUT2D eigenvalue weighted by molar-refractivity contribution is 0.151. The van der Waals surface area contributed by atoms with Crippen LogP contribution in [0.2, 0.25) is 5.02 Å². The van der Waals surface area contributed by atoms with Crippen LogP contribution in [0.5, 0.6) is 5.75 Å². The van der Waals surface area contributed by atoms with Crippen LogP contribution in [0.15, 0.2) is 42.3 Å². The minimum Gasteiger partial charge on any atom is -0.508 e. The fraction of sp³-hybridized carbons (Fsp3) is 0.133. The van der Waals surface area contributed by atoms with E-state index in [1.54, 1.807) is 6.07 Å². The molecule has 1 aromatic heterocycles. The van der Waals surface area contributed by atoms with Gasteiger partial charge in [-0.05, 0) is 0 Å². The average Bonchev–Trinajstić information content (AvgIpc) is 2.47. The van der Waals surface area contributed by atoms with Crippen LogP contribution in [0.25, 0.3) is 5.76 Å². The van der Waals surface area contributed by atoms with Gasteiger partial charge in [-0.2, -0.15) is 0 Å². The molecule has 108 valence electrons. The molecule has 0 atom stereocenters. The Hall–Kier alpha value is -2.14. The molecule has 0 spiro atoms. The number of rotatable bonds is 2. The summed E-state index contributed by atoms with van der Waals surface area (Å²) in [6, 6.07) is 7.17. The second-order valence-electron chi connectivity index (χ2n) is 4.58. The molecule has 1 N–H and O–H groups in total. The number of hydrogen-bond acceptors (Lipinski definition) is 3. The number of aromatic nitrogens is 1. The fourth-order valence-corrected chi connectivity index (χ4v) is 2.23. The zero-order valence-electron chi connectivity index (χ0n) is 10.7.